The molecule has 3 heteroatoms. The third-order valence-electron chi connectivity index (χ3n) is 2.29. The van der Waals surface area contributed by atoms with Crippen molar-refractivity contribution in [2.45, 2.75) is 13.3 Å². The second kappa shape index (κ2) is 4.66. The number of aryl methyl sites for hydroxylation is 1. The van der Waals surface area contributed by atoms with E-state index in [1.54, 1.807) is 18.5 Å². The van der Waals surface area contributed by atoms with E-state index in [1.807, 2.05) is 31.2 Å². The Morgan fingerprint density at radius 3 is 2.62 bits per heavy atom. The van der Waals surface area contributed by atoms with Crippen LogP contribution in [-0.4, -0.2) is 15.8 Å². The summed E-state index contributed by atoms with van der Waals surface area (Å²) in [5.41, 5.74) is 2.35. The minimum atomic E-state index is 0.0369. The number of hydrogen-bond donors (Lipinski definition) is 0. The van der Waals surface area contributed by atoms with Crippen molar-refractivity contribution in [3.05, 3.63) is 59.7 Å². The minimum Gasteiger partial charge on any atom is -0.292 e. The number of Topliss-reactive ketones (excluding diaryl/α,β-unsaturated/α-hetero) is 1. The maximum absolute atomic E-state index is 11.9. The van der Waals surface area contributed by atoms with E-state index in [2.05, 4.69) is 9.97 Å². The van der Waals surface area contributed by atoms with Crippen LogP contribution in [0.25, 0.3) is 0 Å². The molecule has 2 aromatic heterocycles. The molecule has 16 heavy (non-hydrogen) atoms. The molecular weight excluding hydrogens is 200 g/mol. The molecule has 0 unspecified atom stereocenters. The van der Waals surface area contributed by atoms with Gasteiger partial charge in [0.15, 0.2) is 5.78 Å². The van der Waals surface area contributed by atoms with E-state index in [9.17, 15) is 4.79 Å². The molecule has 0 bridgehead atoms. The molecule has 0 fully saturated rings. The summed E-state index contributed by atoms with van der Waals surface area (Å²) in [6.45, 7) is 1.88. The van der Waals surface area contributed by atoms with Gasteiger partial charge in [-0.3, -0.25) is 14.8 Å². The Hall–Kier alpha value is -2.03. The van der Waals surface area contributed by atoms with Gasteiger partial charge in [0.1, 0.15) is 5.69 Å². The highest BCUT2D eigenvalue weighted by atomic mass is 16.1. The lowest BCUT2D eigenvalue weighted by atomic mass is 10.1. The molecule has 0 aliphatic rings. The summed E-state index contributed by atoms with van der Waals surface area (Å²) in [7, 11) is 0. The molecule has 0 aliphatic carbocycles. The summed E-state index contributed by atoms with van der Waals surface area (Å²) >= 11 is 0. The van der Waals surface area contributed by atoms with Crippen LogP contribution in [0.2, 0.25) is 0 Å². The minimum absolute atomic E-state index is 0.0369. The van der Waals surface area contributed by atoms with Crippen molar-refractivity contribution in [1.82, 2.24) is 9.97 Å². The molecule has 0 N–H and O–H groups in total. The van der Waals surface area contributed by atoms with E-state index < -0.39 is 0 Å². The lowest BCUT2D eigenvalue weighted by Gasteiger charge is -2.01. The molecule has 0 spiro atoms. The van der Waals surface area contributed by atoms with Crippen LogP contribution in [0.3, 0.4) is 0 Å². The van der Waals surface area contributed by atoms with Gasteiger partial charge in [0.05, 0.1) is 0 Å². The number of pyridine rings is 2. The van der Waals surface area contributed by atoms with Crippen molar-refractivity contribution in [3.63, 3.8) is 0 Å². The number of carbonyl (C=O) groups excluding carboxylic acids is 1. The number of rotatable bonds is 3. The highest BCUT2D eigenvalue weighted by molar-refractivity contribution is 5.95. The van der Waals surface area contributed by atoms with Crippen LogP contribution in [0.5, 0.6) is 0 Å². The van der Waals surface area contributed by atoms with Crippen molar-refractivity contribution < 1.29 is 4.79 Å². The molecule has 3 nitrogen and oxygen atoms in total. The number of hydrogen-bond acceptors (Lipinski definition) is 3. The molecule has 0 radical (unpaired) electrons. The van der Waals surface area contributed by atoms with E-state index in [4.69, 9.17) is 0 Å². The average molecular weight is 212 g/mol. The van der Waals surface area contributed by atoms with Crippen molar-refractivity contribution in [3.8, 4) is 0 Å². The Morgan fingerprint density at radius 2 is 1.94 bits per heavy atom. The first kappa shape index (κ1) is 10.5. The van der Waals surface area contributed by atoms with Crippen molar-refractivity contribution in [2.24, 2.45) is 0 Å². The summed E-state index contributed by atoms with van der Waals surface area (Å²) in [6, 6.07) is 9.16. The van der Waals surface area contributed by atoms with Crippen LogP contribution in [0.1, 0.15) is 21.7 Å². The maximum atomic E-state index is 11.9. The SMILES string of the molecule is Cc1cccc(C(=O)Cc2ccncc2)n1. The van der Waals surface area contributed by atoms with Gasteiger partial charge in [-0.25, -0.2) is 0 Å². The summed E-state index contributed by atoms with van der Waals surface area (Å²) in [5, 5.41) is 0. The number of nitrogens with zero attached hydrogens (tertiary/aromatic N) is 2. The topological polar surface area (TPSA) is 42.9 Å². The fraction of sp³-hybridized carbons (Fsp3) is 0.154. The lowest BCUT2D eigenvalue weighted by Crippen LogP contribution is -2.06. The molecule has 2 heterocycles. The number of carbonyl (C=O) groups is 1. The normalized spacial score (nSPS) is 10.1. The van der Waals surface area contributed by atoms with Crippen LogP contribution in [0.15, 0.2) is 42.7 Å². The van der Waals surface area contributed by atoms with Gasteiger partial charge in [0.2, 0.25) is 0 Å². The third kappa shape index (κ3) is 2.51. The standard InChI is InChI=1S/C13H12N2O/c1-10-3-2-4-12(15-10)13(16)9-11-5-7-14-8-6-11/h2-8H,9H2,1H3. The van der Waals surface area contributed by atoms with Gasteiger partial charge < -0.3 is 0 Å². The van der Waals surface area contributed by atoms with Crippen molar-refractivity contribution in [1.29, 1.82) is 0 Å². The van der Waals surface area contributed by atoms with Gasteiger partial charge in [0, 0.05) is 24.5 Å². The monoisotopic (exact) mass is 212 g/mol. The van der Waals surface area contributed by atoms with Gasteiger partial charge in [-0.05, 0) is 36.8 Å². The van der Waals surface area contributed by atoms with Crippen LogP contribution in [-0.2, 0) is 6.42 Å². The Labute approximate surface area is 94.2 Å². The summed E-state index contributed by atoms with van der Waals surface area (Å²) in [4.78, 5) is 20.0. The fourth-order valence-corrected chi connectivity index (χ4v) is 1.47. The largest absolute Gasteiger partial charge is 0.292 e. The van der Waals surface area contributed by atoms with E-state index in [1.165, 1.54) is 0 Å². The van der Waals surface area contributed by atoms with E-state index in [0.717, 1.165) is 11.3 Å². The van der Waals surface area contributed by atoms with Crippen molar-refractivity contribution >= 4 is 5.78 Å². The average Bonchev–Trinajstić information content (AvgIpc) is 2.30. The van der Waals surface area contributed by atoms with Crippen LogP contribution >= 0.6 is 0 Å². The smallest absolute Gasteiger partial charge is 0.185 e. The van der Waals surface area contributed by atoms with E-state index in [-0.39, 0.29) is 5.78 Å². The molecule has 2 aromatic rings. The molecule has 2 rings (SSSR count). The van der Waals surface area contributed by atoms with Crippen molar-refractivity contribution in [2.75, 3.05) is 0 Å². The molecule has 80 valence electrons. The second-order valence-electron chi connectivity index (χ2n) is 3.62. The molecule has 0 saturated carbocycles. The van der Waals surface area contributed by atoms with Crippen LogP contribution in [0, 0.1) is 6.92 Å². The Kier molecular flexibility index (Phi) is 3.05. The second-order valence-corrected chi connectivity index (χ2v) is 3.62. The first-order valence-corrected chi connectivity index (χ1v) is 5.11. The zero-order chi connectivity index (χ0) is 11.4. The number of aromatic nitrogens is 2. The molecule has 0 aromatic carbocycles. The van der Waals surface area contributed by atoms with Gasteiger partial charge in [-0.15, -0.1) is 0 Å². The molecular formula is C13H12N2O. The summed E-state index contributed by atoms with van der Waals surface area (Å²) < 4.78 is 0. The molecule has 0 amide bonds. The van der Waals surface area contributed by atoms with Gasteiger partial charge in [0.25, 0.3) is 0 Å². The predicted octanol–water partition coefficient (Wildman–Crippen LogP) is 2.21. The van der Waals surface area contributed by atoms with Gasteiger partial charge in [-0.1, -0.05) is 6.07 Å². The Bertz CT molecular complexity index is 494. The molecule has 0 atom stereocenters. The van der Waals surface area contributed by atoms with E-state index >= 15 is 0 Å². The quantitative estimate of drug-likeness (QED) is 0.732. The lowest BCUT2D eigenvalue weighted by molar-refractivity contribution is 0.0988. The zero-order valence-corrected chi connectivity index (χ0v) is 9.05. The fourth-order valence-electron chi connectivity index (χ4n) is 1.47. The number of ketones is 1. The highest BCUT2D eigenvalue weighted by Crippen LogP contribution is 2.05. The summed E-state index contributed by atoms with van der Waals surface area (Å²) in [5.74, 6) is 0.0369. The zero-order valence-electron chi connectivity index (χ0n) is 9.05. The van der Waals surface area contributed by atoms with Gasteiger partial charge >= 0.3 is 0 Å². The predicted molar refractivity (Wildman–Crippen MR) is 61.2 cm³/mol. The first-order valence-electron chi connectivity index (χ1n) is 5.11. The molecule has 0 aliphatic heterocycles. The van der Waals surface area contributed by atoms with E-state index in [0.29, 0.717) is 12.1 Å². The third-order valence-corrected chi connectivity index (χ3v) is 2.29. The maximum Gasteiger partial charge on any atom is 0.185 e. The van der Waals surface area contributed by atoms with Crippen LogP contribution in [0.4, 0.5) is 0 Å². The highest BCUT2D eigenvalue weighted by Gasteiger charge is 2.07. The van der Waals surface area contributed by atoms with Gasteiger partial charge in [-0.2, -0.15) is 0 Å². The first-order chi connectivity index (χ1) is 7.75. The molecule has 0 saturated heterocycles. The Balaban J connectivity index is 2.15. The van der Waals surface area contributed by atoms with Crippen LogP contribution < -0.4 is 0 Å². The Morgan fingerprint density at radius 1 is 1.19 bits per heavy atom. The summed E-state index contributed by atoms with van der Waals surface area (Å²) in [6.07, 6.45) is 3.75.